The summed E-state index contributed by atoms with van der Waals surface area (Å²) in [5.41, 5.74) is 7.16. The van der Waals surface area contributed by atoms with Crippen molar-refractivity contribution in [2.45, 2.75) is 37.8 Å². The van der Waals surface area contributed by atoms with Crippen molar-refractivity contribution in [1.82, 2.24) is 10.2 Å². The van der Waals surface area contributed by atoms with E-state index in [-0.39, 0.29) is 24.5 Å². The van der Waals surface area contributed by atoms with E-state index in [0.717, 1.165) is 11.1 Å². The van der Waals surface area contributed by atoms with Crippen molar-refractivity contribution in [2.75, 3.05) is 6.54 Å². The molecule has 1 aliphatic heterocycles. The maximum Gasteiger partial charge on any atom is 0.246 e. The van der Waals surface area contributed by atoms with Crippen LogP contribution in [0, 0.1) is 0 Å². The molecule has 7 nitrogen and oxygen atoms in total. The monoisotopic (exact) mass is 433 g/mol. The molecule has 0 saturated carbocycles. The van der Waals surface area contributed by atoms with Gasteiger partial charge in [0.15, 0.2) is 5.78 Å². The van der Waals surface area contributed by atoms with Crippen LogP contribution in [0.5, 0.6) is 0 Å². The van der Waals surface area contributed by atoms with Gasteiger partial charge in [0.1, 0.15) is 12.1 Å². The van der Waals surface area contributed by atoms with Gasteiger partial charge < -0.3 is 16.0 Å². The molecule has 0 bridgehead atoms. The van der Waals surface area contributed by atoms with Crippen LogP contribution in [0.3, 0.4) is 0 Å². The molecule has 1 saturated heterocycles. The lowest BCUT2D eigenvalue weighted by Crippen LogP contribution is -2.53. The van der Waals surface area contributed by atoms with E-state index in [1.165, 1.54) is 11.0 Å². The number of carbonyl (C=O) groups is 4. The Labute approximate surface area is 187 Å². The van der Waals surface area contributed by atoms with Gasteiger partial charge in [-0.1, -0.05) is 66.7 Å². The van der Waals surface area contributed by atoms with Crippen LogP contribution in [-0.4, -0.2) is 47.0 Å². The van der Waals surface area contributed by atoms with Gasteiger partial charge in [-0.3, -0.25) is 19.2 Å². The maximum absolute atomic E-state index is 13.2. The fraction of sp³-hybridized carbons (Fsp3) is 0.280. The summed E-state index contributed by atoms with van der Waals surface area (Å²) in [6, 6.07) is 17.0. The fourth-order valence-electron chi connectivity index (χ4n) is 3.79. The zero-order valence-corrected chi connectivity index (χ0v) is 17.8. The van der Waals surface area contributed by atoms with Crippen LogP contribution in [0.15, 0.2) is 66.7 Å². The maximum atomic E-state index is 13.2. The molecule has 2 aromatic rings. The highest BCUT2D eigenvalue weighted by Crippen LogP contribution is 2.19. The molecule has 0 aromatic heterocycles. The van der Waals surface area contributed by atoms with Crippen LogP contribution < -0.4 is 11.1 Å². The standard InChI is InChI=1S/C25H27N3O4/c26-24(31)22-12-7-15-28(22)25(32)21(16-19-10-5-2-6-11-19)27-23(30)17-20(29)14-13-18-8-3-1-4-9-18/h1-6,8-11,13-14,21-22H,7,12,15-17H2,(H2,26,31)(H,27,30)/b14-13+. The number of nitrogens with zero attached hydrogens (tertiary/aromatic N) is 1. The number of likely N-dealkylation sites (tertiary alicyclic amines) is 1. The number of nitrogens with one attached hydrogen (secondary N) is 1. The smallest absolute Gasteiger partial charge is 0.246 e. The van der Waals surface area contributed by atoms with Crippen molar-refractivity contribution >= 4 is 29.6 Å². The molecule has 3 rings (SSSR count). The van der Waals surface area contributed by atoms with Gasteiger partial charge in [0, 0.05) is 13.0 Å². The third-order valence-corrected chi connectivity index (χ3v) is 5.38. The lowest BCUT2D eigenvalue weighted by atomic mass is 10.0. The van der Waals surface area contributed by atoms with Crippen LogP contribution in [0.1, 0.15) is 30.4 Å². The second kappa shape index (κ2) is 11.0. The Kier molecular flexibility index (Phi) is 7.91. The molecule has 1 aliphatic rings. The molecule has 32 heavy (non-hydrogen) atoms. The number of amides is 3. The van der Waals surface area contributed by atoms with Gasteiger partial charge in [-0.05, 0) is 30.0 Å². The Bertz CT molecular complexity index is 989. The molecule has 0 aliphatic carbocycles. The van der Waals surface area contributed by atoms with Gasteiger partial charge in [-0.2, -0.15) is 0 Å². The van der Waals surface area contributed by atoms with Gasteiger partial charge in [0.05, 0.1) is 6.42 Å². The average molecular weight is 434 g/mol. The number of hydrogen-bond acceptors (Lipinski definition) is 4. The number of nitrogens with two attached hydrogens (primary N) is 1. The van der Waals surface area contributed by atoms with Crippen LogP contribution in [0.4, 0.5) is 0 Å². The molecule has 2 unspecified atom stereocenters. The molecule has 3 amide bonds. The van der Waals surface area contributed by atoms with Gasteiger partial charge in [0.25, 0.3) is 0 Å². The summed E-state index contributed by atoms with van der Waals surface area (Å²) < 4.78 is 0. The molecule has 2 aromatic carbocycles. The van der Waals surface area contributed by atoms with E-state index in [1.807, 2.05) is 60.7 Å². The van der Waals surface area contributed by atoms with Crippen LogP contribution in [-0.2, 0) is 25.6 Å². The summed E-state index contributed by atoms with van der Waals surface area (Å²) in [4.78, 5) is 51.2. The quantitative estimate of drug-likeness (QED) is 0.465. The number of allylic oxidation sites excluding steroid dienone is 1. The Hall–Kier alpha value is -3.74. The van der Waals surface area contributed by atoms with Crippen molar-refractivity contribution in [2.24, 2.45) is 5.73 Å². The summed E-state index contributed by atoms with van der Waals surface area (Å²) >= 11 is 0. The van der Waals surface area contributed by atoms with E-state index in [0.29, 0.717) is 19.4 Å². The van der Waals surface area contributed by atoms with E-state index < -0.39 is 23.9 Å². The molecule has 2 atom stereocenters. The summed E-state index contributed by atoms with van der Waals surface area (Å²) in [6.07, 6.45) is 4.06. The highest BCUT2D eigenvalue weighted by atomic mass is 16.2. The number of ketones is 1. The SMILES string of the molecule is NC(=O)C1CCCN1C(=O)C(Cc1ccccc1)NC(=O)CC(=O)/C=C/c1ccccc1. The highest BCUT2D eigenvalue weighted by molar-refractivity contribution is 6.06. The summed E-state index contributed by atoms with van der Waals surface area (Å²) in [6.45, 7) is 0.409. The Balaban J connectivity index is 1.68. The van der Waals surface area contributed by atoms with E-state index >= 15 is 0 Å². The molecule has 1 fully saturated rings. The molecule has 166 valence electrons. The van der Waals surface area contributed by atoms with Crippen molar-refractivity contribution in [3.05, 3.63) is 77.9 Å². The number of carbonyl (C=O) groups excluding carboxylic acids is 4. The van der Waals surface area contributed by atoms with Crippen LogP contribution in [0.2, 0.25) is 0 Å². The first-order chi connectivity index (χ1) is 15.4. The Morgan fingerprint density at radius 2 is 1.69 bits per heavy atom. The molecule has 0 radical (unpaired) electrons. The third-order valence-electron chi connectivity index (χ3n) is 5.38. The summed E-state index contributed by atoms with van der Waals surface area (Å²) in [5, 5.41) is 2.69. The molecule has 3 N–H and O–H groups in total. The van der Waals surface area contributed by atoms with Crippen molar-refractivity contribution in [3.63, 3.8) is 0 Å². The zero-order valence-electron chi connectivity index (χ0n) is 17.8. The lowest BCUT2D eigenvalue weighted by Gasteiger charge is -2.28. The highest BCUT2D eigenvalue weighted by Gasteiger charge is 2.36. The first-order valence-electron chi connectivity index (χ1n) is 10.6. The van der Waals surface area contributed by atoms with E-state index in [9.17, 15) is 19.2 Å². The zero-order chi connectivity index (χ0) is 22.9. The Morgan fingerprint density at radius 3 is 2.34 bits per heavy atom. The van der Waals surface area contributed by atoms with Gasteiger partial charge in [-0.15, -0.1) is 0 Å². The number of rotatable bonds is 9. The third kappa shape index (κ3) is 6.38. The first-order valence-corrected chi connectivity index (χ1v) is 10.6. The number of hydrogen-bond donors (Lipinski definition) is 2. The van der Waals surface area contributed by atoms with Crippen molar-refractivity contribution < 1.29 is 19.2 Å². The molecule has 0 spiro atoms. The molecule has 1 heterocycles. The summed E-state index contributed by atoms with van der Waals surface area (Å²) in [7, 11) is 0. The van der Waals surface area contributed by atoms with E-state index in [2.05, 4.69) is 5.32 Å². The second-order valence-corrected chi connectivity index (χ2v) is 7.79. The van der Waals surface area contributed by atoms with Gasteiger partial charge in [0.2, 0.25) is 17.7 Å². The normalized spacial score (nSPS) is 16.6. The van der Waals surface area contributed by atoms with Crippen LogP contribution >= 0.6 is 0 Å². The topological polar surface area (TPSA) is 110 Å². The van der Waals surface area contributed by atoms with Crippen LogP contribution in [0.25, 0.3) is 6.08 Å². The number of primary amides is 1. The Morgan fingerprint density at radius 1 is 1.03 bits per heavy atom. The molecular formula is C25H27N3O4. The lowest BCUT2D eigenvalue weighted by molar-refractivity contribution is -0.140. The van der Waals surface area contributed by atoms with E-state index in [4.69, 9.17) is 5.73 Å². The minimum absolute atomic E-state index is 0.251. The van der Waals surface area contributed by atoms with Crippen molar-refractivity contribution in [3.8, 4) is 0 Å². The minimum Gasteiger partial charge on any atom is -0.368 e. The van der Waals surface area contributed by atoms with Gasteiger partial charge >= 0.3 is 0 Å². The number of benzene rings is 2. The molecule has 7 heteroatoms. The van der Waals surface area contributed by atoms with E-state index in [1.54, 1.807) is 6.08 Å². The predicted molar refractivity (Wildman–Crippen MR) is 121 cm³/mol. The minimum atomic E-state index is -0.893. The van der Waals surface area contributed by atoms with Gasteiger partial charge in [-0.25, -0.2) is 0 Å². The molecular weight excluding hydrogens is 406 g/mol. The largest absolute Gasteiger partial charge is 0.368 e. The van der Waals surface area contributed by atoms with Crippen molar-refractivity contribution in [1.29, 1.82) is 0 Å². The fourth-order valence-corrected chi connectivity index (χ4v) is 3.79. The first kappa shape index (κ1) is 22.9. The average Bonchev–Trinajstić information content (AvgIpc) is 3.28. The predicted octanol–water partition coefficient (Wildman–Crippen LogP) is 1.86. The second-order valence-electron chi connectivity index (χ2n) is 7.79. The summed E-state index contributed by atoms with van der Waals surface area (Å²) in [5.74, 6) is -1.83.